The van der Waals surface area contributed by atoms with E-state index in [9.17, 15) is 13.2 Å². The fourth-order valence-electron chi connectivity index (χ4n) is 10.0. The van der Waals surface area contributed by atoms with Gasteiger partial charge in [-0.3, -0.25) is 0 Å². The second-order valence-corrected chi connectivity index (χ2v) is 17.4. The molecule has 10 rings (SSSR count). The first-order chi connectivity index (χ1) is 30.3. The molecule has 2 fully saturated rings. The van der Waals surface area contributed by atoms with E-state index >= 15 is 0 Å². The molecule has 65 heavy (non-hydrogen) atoms. The Hall–Kier alpha value is -3.47. The van der Waals surface area contributed by atoms with Crippen molar-refractivity contribution >= 4 is 74.8 Å². The van der Waals surface area contributed by atoms with Gasteiger partial charge in [0.2, 0.25) is 0 Å². The maximum atomic E-state index is 10.7. The molecule has 8 aromatic rings. The molecule has 2 saturated carbocycles. The number of halogens is 5. The third-order valence-corrected chi connectivity index (χ3v) is 13.1. The van der Waals surface area contributed by atoms with E-state index < -0.39 is 12.6 Å². The van der Waals surface area contributed by atoms with Crippen molar-refractivity contribution in [1.29, 1.82) is 0 Å². The molecule has 0 bridgehead atoms. The maximum absolute atomic E-state index is 10.7. The van der Waals surface area contributed by atoms with Crippen LogP contribution in [-0.2, 0) is 36.2 Å². The molecule has 0 saturated heterocycles. The number of rotatable bonds is 6. The van der Waals surface area contributed by atoms with Crippen molar-refractivity contribution in [1.82, 2.24) is 0 Å². The van der Waals surface area contributed by atoms with Crippen LogP contribution < -0.4 is 0 Å². The molecule has 0 aromatic heterocycles. The summed E-state index contributed by atoms with van der Waals surface area (Å²) in [5, 5.41) is 10.9. The van der Waals surface area contributed by atoms with Gasteiger partial charge < -0.3 is 14.4 Å². The minimum atomic E-state index is -4.07. The van der Waals surface area contributed by atoms with Gasteiger partial charge in [0.05, 0.1) is 0 Å². The SMILES string of the molecule is Cl.Cl.[CH2-]CC(F)(F)F.[CH3-].[Si]=[Zr].c1ccc2c(-c3cccc4[cH-]c(CC5CCCCCC5)cc34)cccc2c1.c1ccc2c(-c3cccc4[cH-]c(CC5CCCCCC5)cc34)cccc2c1. The molecule has 0 N–H and O–H groups in total. The summed E-state index contributed by atoms with van der Waals surface area (Å²) in [6, 6.07) is 54.2. The zero-order chi connectivity index (χ0) is 43.3. The van der Waals surface area contributed by atoms with Crippen LogP contribution in [0.25, 0.3) is 65.3 Å². The van der Waals surface area contributed by atoms with Crippen LogP contribution >= 0.6 is 24.8 Å². The van der Waals surface area contributed by atoms with Gasteiger partial charge in [-0.1, -0.05) is 192 Å². The van der Waals surface area contributed by atoms with E-state index in [1.807, 2.05) is 0 Å². The average molecular weight is 1010 g/mol. The van der Waals surface area contributed by atoms with Crippen LogP contribution in [0.1, 0.15) is 94.6 Å². The van der Waals surface area contributed by atoms with Crippen LogP contribution in [-0.4, -0.2) is 13.1 Å². The Labute approximate surface area is 415 Å². The second kappa shape index (κ2) is 26.8. The van der Waals surface area contributed by atoms with E-state index in [2.05, 4.69) is 159 Å². The average Bonchev–Trinajstić information content (AvgIpc) is 3.69. The normalized spacial score (nSPS) is 14.4. The molecule has 0 heterocycles. The van der Waals surface area contributed by atoms with Crippen LogP contribution in [0.4, 0.5) is 13.2 Å². The Kier molecular flexibility index (Phi) is 22.3. The van der Waals surface area contributed by atoms with E-state index in [1.165, 1.54) is 190 Å². The van der Waals surface area contributed by atoms with Crippen molar-refractivity contribution in [3.05, 3.63) is 171 Å². The molecule has 8 aromatic carbocycles. The van der Waals surface area contributed by atoms with Gasteiger partial charge in [0.15, 0.2) is 0 Å². The number of benzene rings is 6. The molecule has 0 spiro atoms. The van der Waals surface area contributed by atoms with Crippen molar-refractivity contribution < 1.29 is 36.5 Å². The third kappa shape index (κ3) is 14.5. The first-order valence-corrected chi connectivity index (χ1v) is 27.0. The Bertz CT molecular complexity index is 2460. The van der Waals surface area contributed by atoms with Crippen molar-refractivity contribution in [3.8, 4) is 22.3 Å². The van der Waals surface area contributed by atoms with Gasteiger partial charge in [0.1, 0.15) is 0 Å². The molecule has 0 amide bonds. The van der Waals surface area contributed by atoms with Crippen molar-refractivity contribution in [2.24, 2.45) is 11.8 Å². The predicted octanol–water partition coefficient (Wildman–Crippen LogP) is 18.5. The quantitative estimate of drug-likeness (QED) is 0.0885. The van der Waals surface area contributed by atoms with Crippen LogP contribution in [0.2, 0.25) is 0 Å². The molecule has 0 atom stereocenters. The van der Waals surface area contributed by atoms with Gasteiger partial charge >= 0.3 is 36.4 Å². The first kappa shape index (κ1) is 54.1. The smallest absolute Gasteiger partial charge is 0.0114 e. The summed E-state index contributed by atoms with van der Waals surface area (Å²) < 4.78 is 32.2. The van der Waals surface area contributed by atoms with Gasteiger partial charge in [-0.25, -0.2) is 0 Å². The van der Waals surface area contributed by atoms with Gasteiger partial charge in [0, 0.05) is 0 Å². The third-order valence-electron chi connectivity index (χ3n) is 13.1. The number of hydrogen-bond acceptors (Lipinski definition) is 0. The summed E-state index contributed by atoms with van der Waals surface area (Å²) >= 11 is 1.36. The minimum absolute atomic E-state index is 0. The second-order valence-electron chi connectivity index (χ2n) is 17.4. The van der Waals surface area contributed by atoms with Crippen molar-refractivity contribution in [2.45, 2.75) is 102 Å². The largest absolute Gasteiger partial charge is 0.164 e. The van der Waals surface area contributed by atoms with Crippen molar-refractivity contribution in [2.75, 3.05) is 0 Å². The molecule has 342 valence electrons. The number of alkyl halides is 3. The van der Waals surface area contributed by atoms with Gasteiger partial charge in [0.25, 0.3) is 0 Å². The van der Waals surface area contributed by atoms with Gasteiger partial charge in [-0.2, -0.15) is 25.3 Å². The molecular formula is C58H63Cl2F3SiZr-4. The zero-order valence-electron chi connectivity index (χ0n) is 37.8. The predicted molar refractivity (Wildman–Crippen MR) is 277 cm³/mol. The Morgan fingerprint density at radius 3 is 1.14 bits per heavy atom. The molecule has 7 heteroatoms. The van der Waals surface area contributed by atoms with Gasteiger partial charge in [-0.05, 0) is 57.3 Å². The molecule has 2 aliphatic rings. The summed E-state index contributed by atoms with van der Waals surface area (Å²) in [4.78, 5) is 0. The molecule has 0 aliphatic heterocycles. The van der Waals surface area contributed by atoms with E-state index in [1.54, 1.807) is 0 Å². The fourth-order valence-corrected chi connectivity index (χ4v) is 10.0. The molecular weight excluding hydrogens is 944 g/mol. The molecule has 0 unspecified atom stereocenters. The Morgan fingerprint density at radius 1 is 0.477 bits per heavy atom. The summed E-state index contributed by atoms with van der Waals surface area (Å²) in [5.41, 5.74) is 8.51. The fraction of sp³-hybridized carbons (Fsp3) is 0.310. The topological polar surface area (TPSA) is 0 Å². The van der Waals surface area contributed by atoms with E-state index in [-0.39, 0.29) is 32.2 Å². The summed E-state index contributed by atoms with van der Waals surface area (Å²) in [5.74, 6) is 1.76. The monoisotopic (exact) mass is 1000 g/mol. The van der Waals surface area contributed by atoms with Crippen LogP contribution in [0.15, 0.2) is 146 Å². The summed E-state index contributed by atoms with van der Waals surface area (Å²) in [7, 11) is 0. The Morgan fingerprint density at radius 2 is 0.785 bits per heavy atom. The molecule has 0 nitrogen and oxygen atoms in total. The van der Waals surface area contributed by atoms with E-state index in [0.29, 0.717) is 0 Å². The van der Waals surface area contributed by atoms with Gasteiger partial charge in [-0.15, -0.1) is 93.9 Å². The van der Waals surface area contributed by atoms with Crippen molar-refractivity contribution in [3.63, 3.8) is 0 Å². The zero-order valence-corrected chi connectivity index (χ0v) is 42.9. The van der Waals surface area contributed by atoms with Crippen LogP contribution in [0.5, 0.6) is 0 Å². The number of hydrogen-bond donors (Lipinski definition) is 0. The van der Waals surface area contributed by atoms with E-state index in [0.717, 1.165) is 11.8 Å². The van der Waals surface area contributed by atoms with E-state index in [4.69, 9.17) is 0 Å². The molecule has 2 radical (unpaired) electrons. The molecule has 2 aliphatic carbocycles. The standard InChI is InChI=1S/2C27H27.C3H4F3.CH3.2ClH.Si.Zr/c2*1-2-4-10-20(9-3-1)17-21-18-23-13-8-16-26(27(23)19-21)25-15-7-12-22-11-5-6-14-24(22)25;1-2-3(4,5)6;;;;;/h2*5-8,11-16,18-20H,1-4,9-10,17H2;1-2H2;1H3;2*1H;;/q4*-1;;;;. The summed E-state index contributed by atoms with van der Waals surface area (Å²) in [6.07, 6.45) is 14.5. The number of fused-ring (bicyclic) bond motifs is 4. The maximum Gasteiger partial charge on any atom is -0.0114 e. The Balaban J connectivity index is 0.000000236. The first-order valence-electron chi connectivity index (χ1n) is 22.8. The minimum Gasteiger partial charge on any atom is -0.164 e. The van der Waals surface area contributed by atoms with Crippen LogP contribution in [0, 0.1) is 26.2 Å². The summed E-state index contributed by atoms with van der Waals surface area (Å²) in [6.45, 7) is 5.69. The van der Waals surface area contributed by atoms with Crippen LogP contribution in [0.3, 0.4) is 0 Å².